The highest BCUT2D eigenvalue weighted by Gasteiger charge is 2.18. The van der Waals surface area contributed by atoms with Gasteiger partial charge in [0.15, 0.2) is 0 Å². The van der Waals surface area contributed by atoms with E-state index < -0.39 is 17.4 Å². The summed E-state index contributed by atoms with van der Waals surface area (Å²) in [5.41, 5.74) is -0.0833. The molecule has 0 aliphatic heterocycles. The van der Waals surface area contributed by atoms with Crippen molar-refractivity contribution in [2.24, 2.45) is 10.8 Å². The quantitative estimate of drug-likeness (QED) is 0.558. The van der Waals surface area contributed by atoms with Gasteiger partial charge in [-0.25, -0.2) is 0 Å². The van der Waals surface area contributed by atoms with Gasteiger partial charge in [0.25, 0.3) is 5.97 Å². The van der Waals surface area contributed by atoms with Gasteiger partial charge >= 0.3 is 5.97 Å². The molecule has 0 amide bonds. The summed E-state index contributed by atoms with van der Waals surface area (Å²) >= 11 is 0. The van der Waals surface area contributed by atoms with E-state index in [0.717, 1.165) is 6.92 Å². The van der Waals surface area contributed by atoms with E-state index in [0.29, 0.717) is 5.41 Å². The Kier molecular flexibility index (Phi) is 43.2. The molecule has 136 valence electrons. The molecule has 2 N–H and O–H groups in total. The molecule has 0 atom stereocenters. The van der Waals surface area contributed by atoms with E-state index in [-0.39, 0.29) is 22.3 Å². The molecule has 0 aromatic carbocycles. The Bertz CT molecular complexity index is 198. The first-order valence-corrected chi connectivity index (χ1v) is 6.11. The Morgan fingerprint density at radius 3 is 0.762 bits per heavy atom. The molecule has 0 aliphatic carbocycles. The molecule has 0 fully saturated rings. The zero-order valence-corrected chi connectivity index (χ0v) is 13.7. The number of carboxylic acid groups (broad SMARTS) is 2. The van der Waals surface area contributed by atoms with Gasteiger partial charge in [-0.2, -0.15) is 0 Å². The summed E-state index contributed by atoms with van der Waals surface area (Å²) < 4.78 is 0. The van der Waals surface area contributed by atoms with Crippen molar-refractivity contribution in [2.75, 3.05) is 0 Å². The number of hydrogen-bond acceptors (Lipinski definition) is 2. The zero-order valence-electron chi connectivity index (χ0n) is 13.7. The van der Waals surface area contributed by atoms with Gasteiger partial charge in [0.1, 0.15) is 0 Å². The van der Waals surface area contributed by atoms with Crippen LogP contribution in [0.5, 0.6) is 0 Å². The topological polar surface area (TPSA) is 74.6 Å². The maximum Gasteiger partial charge on any atom is 0.308 e. The lowest BCUT2D eigenvalue weighted by atomic mass is 9.98. The van der Waals surface area contributed by atoms with Crippen LogP contribution in [-0.4, -0.2) is 22.2 Å². The molecule has 0 saturated carbocycles. The SMILES string of the molecule is C.C.C.CC.CC(=O)O.CC(C)(C)C.CC(C)(C)C(=O)O. The number of hydrogen-bond donors (Lipinski definition) is 2. The van der Waals surface area contributed by atoms with Crippen molar-refractivity contribution in [1.82, 2.24) is 0 Å². The van der Waals surface area contributed by atoms with Crippen LogP contribution in [0.1, 0.15) is 91.5 Å². The molecule has 0 saturated heterocycles. The van der Waals surface area contributed by atoms with Gasteiger partial charge in [0.05, 0.1) is 5.41 Å². The van der Waals surface area contributed by atoms with E-state index in [2.05, 4.69) is 27.7 Å². The summed E-state index contributed by atoms with van der Waals surface area (Å²) in [6, 6.07) is 0. The first kappa shape index (κ1) is 42.7. The molecule has 0 aromatic heterocycles. The van der Waals surface area contributed by atoms with Crippen molar-refractivity contribution >= 4 is 11.9 Å². The minimum atomic E-state index is -0.833. The molecule has 0 bridgehead atoms. The molecule has 0 rings (SSSR count). The van der Waals surface area contributed by atoms with E-state index in [1.54, 1.807) is 20.8 Å². The Morgan fingerprint density at radius 1 is 0.714 bits per heavy atom. The zero-order chi connectivity index (χ0) is 16.2. The molecule has 4 nitrogen and oxygen atoms in total. The first-order valence-electron chi connectivity index (χ1n) is 6.11. The second kappa shape index (κ2) is 21.2. The van der Waals surface area contributed by atoms with Crippen LogP contribution in [0.2, 0.25) is 0 Å². The smallest absolute Gasteiger partial charge is 0.308 e. The molecule has 0 unspecified atom stereocenters. The van der Waals surface area contributed by atoms with E-state index in [1.807, 2.05) is 13.8 Å². The Hall–Kier alpha value is -1.06. The van der Waals surface area contributed by atoms with Crippen molar-refractivity contribution < 1.29 is 19.8 Å². The number of aliphatic carboxylic acids is 2. The fourth-order valence-corrected chi connectivity index (χ4v) is 0. The highest BCUT2D eigenvalue weighted by atomic mass is 16.4. The summed E-state index contributed by atoms with van der Waals surface area (Å²) in [5, 5.41) is 15.7. The molecule has 0 radical (unpaired) electrons. The van der Waals surface area contributed by atoms with Crippen LogP contribution in [0.25, 0.3) is 0 Å². The van der Waals surface area contributed by atoms with Crippen molar-refractivity contribution in [3.05, 3.63) is 0 Å². The molecule has 0 aliphatic rings. The fourth-order valence-electron chi connectivity index (χ4n) is 0. The summed E-state index contributed by atoms with van der Waals surface area (Å²) in [7, 11) is 0. The maximum absolute atomic E-state index is 10.0. The van der Waals surface area contributed by atoms with Gasteiger partial charge in [0.2, 0.25) is 0 Å². The van der Waals surface area contributed by atoms with E-state index in [4.69, 9.17) is 15.0 Å². The average Bonchev–Trinajstić information content (AvgIpc) is 2.01. The van der Waals surface area contributed by atoms with E-state index in [9.17, 15) is 4.79 Å². The molecule has 0 spiro atoms. The summed E-state index contributed by atoms with van der Waals surface area (Å²) in [4.78, 5) is 19.0. The van der Waals surface area contributed by atoms with Gasteiger partial charge in [-0.15, -0.1) is 0 Å². The summed E-state index contributed by atoms with van der Waals surface area (Å²) in [6.07, 6.45) is 0. The first-order chi connectivity index (χ1) is 7.68. The van der Waals surface area contributed by atoms with E-state index >= 15 is 0 Å². The van der Waals surface area contributed by atoms with Gasteiger partial charge < -0.3 is 10.2 Å². The Balaban J connectivity index is -0.0000000254. The molecule has 4 heteroatoms. The lowest BCUT2D eigenvalue weighted by Gasteiger charge is -2.08. The largest absolute Gasteiger partial charge is 0.481 e. The van der Waals surface area contributed by atoms with Crippen LogP contribution in [0.3, 0.4) is 0 Å². The minimum Gasteiger partial charge on any atom is -0.481 e. The van der Waals surface area contributed by atoms with Crippen LogP contribution in [0.15, 0.2) is 0 Å². The van der Waals surface area contributed by atoms with Crippen LogP contribution in [0.4, 0.5) is 0 Å². The number of carboxylic acids is 2. The van der Waals surface area contributed by atoms with Crippen LogP contribution in [0, 0.1) is 10.8 Å². The van der Waals surface area contributed by atoms with Crippen LogP contribution < -0.4 is 0 Å². The second-order valence-electron chi connectivity index (χ2n) is 6.07. The molecular weight excluding hydrogens is 268 g/mol. The highest BCUT2D eigenvalue weighted by Crippen LogP contribution is 2.11. The van der Waals surface area contributed by atoms with Gasteiger partial charge in [-0.1, -0.05) is 63.8 Å². The van der Waals surface area contributed by atoms with Crippen molar-refractivity contribution in [3.8, 4) is 0 Å². The normalized spacial score (nSPS) is 8.10. The van der Waals surface area contributed by atoms with Crippen molar-refractivity contribution in [2.45, 2.75) is 91.5 Å². The highest BCUT2D eigenvalue weighted by molar-refractivity contribution is 5.72. The van der Waals surface area contributed by atoms with Crippen molar-refractivity contribution in [1.29, 1.82) is 0 Å². The number of carbonyl (C=O) groups is 2. The minimum absolute atomic E-state index is 0. The predicted octanol–water partition coefficient (Wildman–Crippen LogP) is 6.19. The molecule has 0 heterocycles. The Morgan fingerprint density at radius 2 is 0.762 bits per heavy atom. The van der Waals surface area contributed by atoms with Gasteiger partial charge in [-0.05, 0) is 26.2 Å². The lowest BCUT2D eigenvalue weighted by molar-refractivity contribution is -0.145. The Labute approximate surface area is 135 Å². The van der Waals surface area contributed by atoms with Crippen molar-refractivity contribution in [3.63, 3.8) is 0 Å². The molecular formula is C17H44O4. The third-order valence-corrected chi connectivity index (χ3v) is 0.642. The summed E-state index contributed by atoms with van der Waals surface area (Å²) in [5.74, 6) is -1.59. The third-order valence-electron chi connectivity index (χ3n) is 0.642. The molecule has 21 heavy (non-hydrogen) atoms. The van der Waals surface area contributed by atoms with E-state index in [1.165, 1.54) is 0 Å². The number of rotatable bonds is 0. The van der Waals surface area contributed by atoms with Crippen LogP contribution >= 0.6 is 0 Å². The molecule has 0 aromatic rings. The lowest BCUT2D eigenvalue weighted by Crippen LogP contribution is -2.18. The van der Waals surface area contributed by atoms with Gasteiger partial charge in [0, 0.05) is 6.92 Å². The second-order valence-corrected chi connectivity index (χ2v) is 6.07. The fraction of sp³-hybridized carbons (Fsp3) is 0.882. The third kappa shape index (κ3) is 223. The average molecular weight is 313 g/mol. The standard InChI is InChI=1S/C5H10O2.C5H12.C2H4O2.C2H6.3CH4/c1-5(2,3)4(6)7;1-5(2,3)4;1-2(3)4;1-2;;;/h1-3H3,(H,6,7);1-4H3;1H3,(H,3,4);1-2H3;3*1H4. The summed E-state index contributed by atoms with van der Waals surface area (Å²) in [6.45, 7) is 18.8. The monoisotopic (exact) mass is 312 g/mol. The maximum atomic E-state index is 10.0. The van der Waals surface area contributed by atoms with Crippen LogP contribution in [-0.2, 0) is 9.59 Å². The van der Waals surface area contributed by atoms with Gasteiger partial charge in [-0.3, -0.25) is 9.59 Å². The predicted molar refractivity (Wildman–Crippen MR) is 97.1 cm³/mol.